The summed E-state index contributed by atoms with van der Waals surface area (Å²) in [5.74, 6) is 2.46. The molecule has 19 heavy (non-hydrogen) atoms. The molecule has 0 bridgehead atoms. The van der Waals surface area contributed by atoms with Crippen molar-refractivity contribution in [1.82, 2.24) is 0 Å². The lowest BCUT2D eigenvalue weighted by atomic mass is 9.80. The Morgan fingerprint density at radius 2 is 1.26 bits per heavy atom. The summed E-state index contributed by atoms with van der Waals surface area (Å²) >= 11 is 0. The van der Waals surface area contributed by atoms with Crippen molar-refractivity contribution in [3.8, 4) is 0 Å². The van der Waals surface area contributed by atoms with Gasteiger partial charge in [0.05, 0.1) is 13.2 Å². The summed E-state index contributed by atoms with van der Waals surface area (Å²) in [5, 5.41) is 0. The van der Waals surface area contributed by atoms with Crippen LogP contribution in [0.4, 0.5) is 0 Å². The quantitative estimate of drug-likeness (QED) is 0.586. The van der Waals surface area contributed by atoms with Gasteiger partial charge in [0, 0.05) is 5.92 Å². The van der Waals surface area contributed by atoms with Crippen molar-refractivity contribution < 1.29 is 9.47 Å². The standard InChI is InChI=1S/C17H34O2/c1-13(2)11-18-17(19-12-14(3)4)15(5)16-9-7-6-8-10-16/h13-17H,6-12H2,1-5H3. The molecule has 1 unspecified atom stereocenters. The van der Waals surface area contributed by atoms with Gasteiger partial charge in [0.25, 0.3) is 0 Å². The second-order valence-corrected chi connectivity index (χ2v) is 7.08. The summed E-state index contributed by atoms with van der Waals surface area (Å²) in [6, 6.07) is 0. The molecule has 1 saturated carbocycles. The van der Waals surface area contributed by atoms with E-state index >= 15 is 0 Å². The average Bonchev–Trinajstić information content (AvgIpc) is 2.38. The van der Waals surface area contributed by atoms with E-state index in [1.165, 1.54) is 32.1 Å². The molecule has 2 nitrogen and oxygen atoms in total. The van der Waals surface area contributed by atoms with Crippen LogP contribution in [0.1, 0.15) is 66.7 Å². The van der Waals surface area contributed by atoms with Crippen LogP contribution in [0.5, 0.6) is 0 Å². The lowest BCUT2D eigenvalue weighted by molar-refractivity contribution is -0.190. The van der Waals surface area contributed by atoms with Gasteiger partial charge in [0.2, 0.25) is 0 Å². The molecule has 1 aliphatic rings. The van der Waals surface area contributed by atoms with Crippen molar-refractivity contribution in [3.63, 3.8) is 0 Å². The molecular formula is C17H34O2. The van der Waals surface area contributed by atoms with Crippen LogP contribution in [0.2, 0.25) is 0 Å². The maximum Gasteiger partial charge on any atom is 0.160 e. The predicted octanol–water partition coefficient (Wildman–Crippen LogP) is 4.87. The summed E-state index contributed by atoms with van der Waals surface area (Å²) in [4.78, 5) is 0. The predicted molar refractivity (Wildman–Crippen MR) is 81.1 cm³/mol. The van der Waals surface area contributed by atoms with E-state index in [1.807, 2.05) is 0 Å². The molecule has 2 heteroatoms. The molecule has 0 spiro atoms. The van der Waals surface area contributed by atoms with Gasteiger partial charge in [-0.2, -0.15) is 0 Å². The van der Waals surface area contributed by atoms with Crippen molar-refractivity contribution in [1.29, 1.82) is 0 Å². The van der Waals surface area contributed by atoms with E-state index in [9.17, 15) is 0 Å². The first-order chi connectivity index (χ1) is 9.00. The summed E-state index contributed by atoms with van der Waals surface area (Å²) in [5.41, 5.74) is 0. The highest BCUT2D eigenvalue weighted by atomic mass is 16.7. The van der Waals surface area contributed by atoms with Gasteiger partial charge in [-0.25, -0.2) is 0 Å². The number of hydrogen-bond acceptors (Lipinski definition) is 2. The maximum atomic E-state index is 6.05. The second-order valence-electron chi connectivity index (χ2n) is 7.08. The van der Waals surface area contributed by atoms with E-state index < -0.39 is 0 Å². The molecule has 0 aromatic heterocycles. The minimum absolute atomic E-state index is 0.00657. The number of rotatable bonds is 8. The molecule has 0 amide bonds. The minimum atomic E-state index is -0.00657. The highest BCUT2D eigenvalue weighted by Gasteiger charge is 2.28. The van der Waals surface area contributed by atoms with Crippen LogP contribution in [0.15, 0.2) is 0 Å². The molecule has 1 atom stereocenters. The molecule has 0 aromatic carbocycles. The van der Waals surface area contributed by atoms with E-state index in [1.54, 1.807) is 0 Å². The molecule has 0 aliphatic heterocycles. The van der Waals surface area contributed by atoms with E-state index in [0.717, 1.165) is 19.1 Å². The lowest BCUT2D eigenvalue weighted by Gasteiger charge is -2.34. The van der Waals surface area contributed by atoms with Gasteiger partial charge in [-0.1, -0.05) is 66.7 Å². The summed E-state index contributed by atoms with van der Waals surface area (Å²) in [6.07, 6.45) is 6.88. The molecule has 1 fully saturated rings. The third-order valence-electron chi connectivity index (χ3n) is 4.01. The van der Waals surface area contributed by atoms with Crippen molar-refractivity contribution in [2.24, 2.45) is 23.7 Å². The number of ether oxygens (including phenoxy) is 2. The Kier molecular flexibility index (Phi) is 8.01. The van der Waals surface area contributed by atoms with Crippen LogP contribution in [-0.2, 0) is 9.47 Å². The zero-order valence-corrected chi connectivity index (χ0v) is 13.7. The third-order valence-corrected chi connectivity index (χ3v) is 4.01. The van der Waals surface area contributed by atoms with Crippen molar-refractivity contribution in [2.45, 2.75) is 73.0 Å². The minimum Gasteiger partial charge on any atom is -0.352 e. The van der Waals surface area contributed by atoms with Crippen LogP contribution in [0.25, 0.3) is 0 Å². The Balaban J connectivity index is 2.48. The Hall–Kier alpha value is -0.0800. The Morgan fingerprint density at radius 3 is 1.68 bits per heavy atom. The fourth-order valence-corrected chi connectivity index (χ4v) is 2.81. The second kappa shape index (κ2) is 8.97. The summed E-state index contributed by atoms with van der Waals surface area (Å²) < 4.78 is 12.1. The molecule has 0 aromatic rings. The highest BCUT2D eigenvalue weighted by molar-refractivity contribution is 4.74. The Morgan fingerprint density at radius 1 is 0.789 bits per heavy atom. The van der Waals surface area contributed by atoms with Crippen molar-refractivity contribution in [3.05, 3.63) is 0 Å². The van der Waals surface area contributed by atoms with Crippen LogP contribution in [0, 0.1) is 23.7 Å². The normalized spacial score (nSPS) is 19.6. The van der Waals surface area contributed by atoms with E-state index in [0.29, 0.717) is 17.8 Å². The average molecular weight is 270 g/mol. The Bertz CT molecular complexity index is 207. The smallest absolute Gasteiger partial charge is 0.160 e. The first-order valence-corrected chi connectivity index (χ1v) is 8.24. The molecule has 1 rings (SSSR count). The van der Waals surface area contributed by atoms with Gasteiger partial charge in [-0.05, 0) is 17.8 Å². The highest BCUT2D eigenvalue weighted by Crippen LogP contribution is 2.33. The largest absolute Gasteiger partial charge is 0.352 e. The molecule has 0 radical (unpaired) electrons. The molecule has 0 saturated heterocycles. The van der Waals surface area contributed by atoms with Crippen LogP contribution in [0.3, 0.4) is 0 Å². The van der Waals surface area contributed by atoms with Crippen LogP contribution < -0.4 is 0 Å². The monoisotopic (exact) mass is 270 g/mol. The van der Waals surface area contributed by atoms with Crippen molar-refractivity contribution >= 4 is 0 Å². The first kappa shape index (κ1) is 17.0. The molecule has 0 N–H and O–H groups in total. The maximum absolute atomic E-state index is 6.05. The number of hydrogen-bond donors (Lipinski definition) is 0. The zero-order chi connectivity index (χ0) is 14.3. The Labute approximate surface area is 120 Å². The van der Waals surface area contributed by atoms with Crippen LogP contribution >= 0.6 is 0 Å². The van der Waals surface area contributed by atoms with Gasteiger partial charge in [0.15, 0.2) is 6.29 Å². The first-order valence-electron chi connectivity index (χ1n) is 8.24. The summed E-state index contributed by atoms with van der Waals surface area (Å²) in [6.45, 7) is 12.7. The molecule has 1 aliphatic carbocycles. The zero-order valence-electron chi connectivity index (χ0n) is 13.7. The SMILES string of the molecule is CC(C)COC(OCC(C)C)C(C)C1CCCCC1. The lowest BCUT2D eigenvalue weighted by Crippen LogP contribution is -2.33. The van der Waals surface area contributed by atoms with E-state index in [4.69, 9.17) is 9.47 Å². The summed E-state index contributed by atoms with van der Waals surface area (Å²) in [7, 11) is 0. The van der Waals surface area contributed by atoms with E-state index in [2.05, 4.69) is 34.6 Å². The van der Waals surface area contributed by atoms with Crippen molar-refractivity contribution in [2.75, 3.05) is 13.2 Å². The van der Waals surface area contributed by atoms with Gasteiger partial charge >= 0.3 is 0 Å². The van der Waals surface area contributed by atoms with Gasteiger partial charge < -0.3 is 9.47 Å². The van der Waals surface area contributed by atoms with Gasteiger partial charge in [-0.15, -0.1) is 0 Å². The van der Waals surface area contributed by atoms with Gasteiger partial charge in [0.1, 0.15) is 0 Å². The topological polar surface area (TPSA) is 18.5 Å². The van der Waals surface area contributed by atoms with E-state index in [-0.39, 0.29) is 6.29 Å². The molecular weight excluding hydrogens is 236 g/mol. The molecule has 114 valence electrons. The molecule has 0 heterocycles. The van der Waals surface area contributed by atoms with Gasteiger partial charge in [-0.3, -0.25) is 0 Å². The fourth-order valence-electron chi connectivity index (χ4n) is 2.81. The van der Waals surface area contributed by atoms with Crippen LogP contribution in [-0.4, -0.2) is 19.5 Å². The fraction of sp³-hybridized carbons (Fsp3) is 1.00. The third kappa shape index (κ3) is 6.76.